The Morgan fingerprint density at radius 1 is 1.19 bits per heavy atom. The van der Waals surface area contributed by atoms with Crippen LogP contribution in [-0.2, 0) is 14.3 Å². The molecule has 0 radical (unpaired) electrons. The third-order valence-corrected chi connectivity index (χ3v) is 1.78. The van der Waals surface area contributed by atoms with Crippen molar-refractivity contribution in [2.75, 3.05) is 6.54 Å². The van der Waals surface area contributed by atoms with Crippen molar-refractivity contribution in [2.45, 2.75) is 33.3 Å². The first-order chi connectivity index (χ1) is 7.15. The highest BCUT2D eigenvalue weighted by Crippen LogP contribution is 2.10. The van der Waals surface area contributed by atoms with E-state index in [2.05, 4.69) is 18.5 Å². The van der Waals surface area contributed by atoms with E-state index in [4.69, 9.17) is 4.74 Å². The summed E-state index contributed by atoms with van der Waals surface area (Å²) in [5.41, 5.74) is -0.0115. The number of nitrogens with one attached hydrogen (secondary N) is 1. The lowest BCUT2D eigenvalue weighted by molar-refractivity contribution is -0.151. The number of ether oxygens (including phenoxy) is 1. The van der Waals surface area contributed by atoms with Crippen LogP contribution in [0.4, 0.5) is 0 Å². The second-order valence-corrected chi connectivity index (χ2v) is 4.39. The standard InChI is InChI=1S/C12H19NO3/c1-8(2)10(14)13-7-12(5,6)16-11(15)9(3)4/h1,3,7H2,2,4-6H3,(H,13,14). The molecule has 16 heavy (non-hydrogen) atoms. The molecule has 90 valence electrons. The van der Waals surface area contributed by atoms with Crippen LogP contribution in [0.15, 0.2) is 24.3 Å². The summed E-state index contributed by atoms with van der Waals surface area (Å²) in [5.74, 6) is -0.714. The Bertz CT molecular complexity index is 329. The van der Waals surface area contributed by atoms with Gasteiger partial charge in [-0.3, -0.25) is 4.79 Å². The molecule has 0 atom stereocenters. The number of carbonyl (C=O) groups is 2. The van der Waals surface area contributed by atoms with Crippen molar-refractivity contribution < 1.29 is 14.3 Å². The van der Waals surface area contributed by atoms with E-state index in [0.717, 1.165) is 0 Å². The first-order valence-corrected chi connectivity index (χ1v) is 4.98. The predicted molar refractivity (Wildman–Crippen MR) is 62.8 cm³/mol. The molecule has 0 rings (SSSR count). The van der Waals surface area contributed by atoms with Crippen LogP contribution in [-0.4, -0.2) is 24.0 Å². The highest BCUT2D eigenvalue weighted by Gasteiger charge is 2.23. The van der Waals surface area contributed by atoms with Gasteiger partial charge in [0.25, 0.3) is 0 Å². The third kappa shape index (κ3) is 5.34. The van der Waals surface area contributed by atoms with Crippen LogP contribution in [0.5, 0.6) is 0 Å². The van der Waals surface area contributed by atoms with Crippen molar-refractivity contribution in [2.24, 2.45) is 0 Å². The van der Waals surface area contributed by atoms with Crippen molar-refractivity contribution in [3.63, 3.8) is 0 Å². The number of carbonyl (C=O) groups excluding carboxylic acids is 2. The molecule has 0 aromatic heterocycles. The van der Waals surface area contributed by atoms with Gasteiger partial charge in [-0.05, 0) is 27.7 Å². The summed E-state index contributed by atoms with van der Waals surface area (Å²) in [5, 5.41) is 2.62. The lowest BCUT2D eigenvalue weighted by Crippen LogP contribution is -2.42. The average molecular weight is 225 g/mol. The second-order valence-electron chi connectivity index (χ2n) is 4.39. The zero-order valence-corrected chi connectivity index (χ0v) is 10.3. The minimum atomic E-state index is -0.763. The normalized spacial score (nSPS) is 10.5. The number of hydrogen-bond acceptors (Lipinski definition) is 3. The minimum absolute atomic E-state index is 0.234. The van der Waals surface area contributed by atoms with Crippen molar-refractivity contribution in [1.82, 2.24) is 5.32 Å². The van der Waals surface area contributed by atoms with Crippen molar-refractivity contribution in [3.05, 3.63) is 24.3 Å². The van der Waals surface area contributed by atoms with Gasteiger partial charge in [-0.25, -0.2) is 4.79 Å². The van der Waals surface area contributed by atoms with Crippen LogP contribution in [0.3, 0.4) is 0 Å². The molecule has 4 heteroatoms. The van der Waals surface area contributed by atoms with Crippen molar-refractivity contribution >= 4 is 11.9 Å². The summed E-state index contributed by atoms with van der Waals surface area (Å²) in [4.78, 5) is 22.5. The molecule has 0 saturated carbocycles. The Morgan fingerprint density at radius 2 is 1.69 bits per heavy atom. The van der Waals surface area contributed by atoms with Gasteiger partial charge in [0, 0.05) is 11.1 Å². The van der Waals surface area contributed by atoms with Crippen molar-refractivity contribution in [1.29, 1.82) is 0 Å². The Kier molecular flexibility index (Phi) is 4.95. The molecular weight excluding hydrogens is 206 g/mol. The fourth-order valence-electron chi connectivity index (χ4n) is 0.818. The maximum atomic E-state index is 11.3. The van der Waals surface area contributed by atoms with E-state index >= 15 is 0 Å². The predicted octanol–water partition coefficient (Wildman–Crippen LogP) is 1.58. The van der Waals surface area contributed by atoms with Crippen LogP contribution < -0.4 is 5.32 Å². The fourth-order valence-corrected chi connectivity index (χ4v) is 0.818. The lowest BCUT2D eigenvalue weighted by Gasteiger charge is -2.25. The van der Waals surface area contributed by atoms with E-state index in [1.54, 1.807) is 27.7 Å². The minimum Gasteiger partial charge on any atom is -0.454 e. The molecule has 4 nitrogen and oxygen atoms in total. The van der Waals surface area contributed by atoms with Gasteiger partial charge in [-0.1, -0.05) is 13.2 Å². The van der Waals surface area contributed by atoms with Gasteiger partial charge < -0.3 is 10.1 Å². The van der Waals surface area contributed by atoms with Gasteiger partial charge in [-0.2, -0.15) is 0 Å². The van der Waals surface area contributed by atoms with E-state index in [0.29, 0.717) is 11.1 Å². The summed E-state index contributed by atoms with van der Waals surface area (Å²) >= 11 is 0. The summed E-state index contributed by atoms with van der Waals surface area (Å²) in [6.45, 7) is 13.8. The summed E-state index contributed by atoms with van der Waals surface area (Å²) < 4.78 is 5.15. The number of rotatable bonds is 5. The van der Waals surface area contributed by atoms with Crippen LogP contribution in [0.2, 0.25) is 0 Å². The number of amides is 1. The quantitative estimate of drug-likeness (QED) is 0.571. The maximum Gasteiger partial charge on any atom is 0.333 e. The van der Waals surface area contributed by atoms with E-state index in [1.165, 1.54) is 0 Å². The molecule has 0 aliphatic carbocycles. The number of esters is 1. The molecule has 0 spiro atoms. The van der Waals surface area contributed by atoms with E-state index < -0.39 is 11.6 Å². The molecule has 0 aliphatic heterocycles. The maximum absolute atomic E-state index is 11.3. The molecule has 0 aromatic rings. The summed E-state index contributed by atoms with van der Waals surface area (Å²) in [7, 11) is 0. The number of hydrogen-bond donors (Lipinski definition) is 1. The lowest BCUT2D eigenvalue weighted by atomic mass is 10.1. The highest BCUT2D eigenvalue weighted by molar-refractivity contribution is 5.92. The third-order valence-electron chi connectivity index (χ3n) is 1.78. The second kappa shape index (κ2) is 5.49. The molecule has 0 bridgehead atoms. The van der Waals surface area contributed by atoms with Gasteiger partial charge in [0.2, 0.25) is 5.91 Å². The van der Waals surface area contributed by atoms with Crippen LogP contribution >= 0.6 is 0 Å². The topological polar surface area (TPSA) is 55.4 Å². The summed E-state index contributed by atoms with van der Waals surface area (Å²) in [6, 6.07) is 0. The Labute approximate surface area is 96.4 Å². The molecule has 0 heterocycles. The molecule has 0 fully saturated rings. The molecule has 0 unspecified atom stereocenters. The average Bonchev–Trinajstić information content (AvgIpc) is 2.13. The van der Waals surface area contributed by atoms with Crippen molar-refractivity contribution in [3.8, 4) is 0 Å². The van der Waals surface area contributed by atoms with E-state index in [1.807, 2.05) is 0 Å². The molecular formula is C12H19NO3. The van der Waals surface area contributed by atoms with Gasteiger partial charge in [-0.15, -0.1) is 0 Å². The molecule has 0 aliphatic rings. The van der Waals surface area contributed by atoms with Gasteiger partial charge >= 0.3 is 5.97 Å². The Balaban J connectivity index is 4.25. The van der Waals surface area contributed by atoms with E-state index in [-0.39, 0.29) is 12.5 Å². The molecule has 0 saturated heterocycles. The smallest absolute Gasteiger partial charge is 0.333 e. The zero-order chi connectivity index (χ0) is 12.9. The van der Waals surface area contributed by atoms with Gasteiger partial charge in [0.15, 0.2) is 0 Å². The van der Waals surface area contributed by atoms with Gasteiger partial charge in [0.1, 0.15) is 5.60 Å². The molecule has 1 N–H and O–H groups in total. The largest absolute Gasteiger partial charge is 0.454 e. The SMILES string of the molecule is C=C(C)C(=O)NCC(C)(C)OC(=O)C(=C)C. The van der Waals surface area contributed by atoms with Crippen LogP contribution in [0.1, 0.15) is 27.7 Å². The van der Waals surface area contributed by atoms with Crippen LogP contribution in [0, 0.1) is 0 Å². The van der Waals surface area contributed by atoms with Crippen LogP contribution in [0.25, 0.3) is 0 Å². The first-order valence-electron chi connectivity index (χ1n) is 4.98. The first kappa shape index (κ1) is 14.4. The Hall–Kier alpha value is -1.58. The van der Waals surface area contributed by atoms with Gasteiger partial charge in [0.05, 0.1) is 6.54 Å². The molecule has 1 amide bonds. The van der Waals surface area contributed by atoms with E-state index in [9.17, 15) is 9.59 Å². The molecule has 0 aromatic carbocycles. The fraction of sp³-hybridized carbons (Fsp3) is 0.500. The summed E-state index contributed by atoms with van der Waals surface area (Å²) in [6.07, 6.45) is 0. The Morgan fingerprint density at radius 3 is 2.06 bits per heavy atom. The zero-order valence-electron chi connectivity index (χ0n) is 10.3. The monoisotopic (exact) mass is 225 g/mol. The highest BCUT2D eigenvalue weighted by atomic mass is 16.6.